The highest BCUT2D eigenvalue weighted by molar-refractivity contribution is 6.10. The van der Waals surface area contributed by atoms with Crippen molar-refractivity contribution in [2.24, 2.45) is 0 Å². The molecule has 0 unspecified atom stereocenters. The molecule has 1 aromatic heterocycles. The molecule has 10 aromatic rings. The monoisotopic (exact) mass is 744 g/mol. The van der Waals surface area contributed by atoms with E-state index in [4.69, 9.17) is 0 Å². The summed E-state index contributed by atoms with van der Waals surface area (Å²) in [4.78, 5) is 2.46. The number of hydrogen-bond donors (Lipinski definition) is 0. The number of hydrogen-bond acceptors (Lipinski definition) is 1. The quantitative estimate of drug-likeness (QED) is 0.158. The van der Waals surface area contributed by atoms with Crippen LogP contribution in [0.15, 0.2) is 212 Å². The molecule has 0 amide bonds. The number of nitrogens with zero attached hydrogens (tertiary/aromatic N) is 2. The maximum atomic E-state index is 2.51. The lowest BCUT2D eigenvalue weighted by Crippen LogP contribution is -2.21. The van der Waals surface area contributed by atoms with E-state index in [0.717, 1.165) is 17.1 Å². The molecule has 0 saturated carbocycles. The number of aromatic nitrogens is 1. The second kappa shape index (κ2) is 14.4. The van der Waals surface area contributed by atoms with Crippen LogP contribution in [-0.4, -0.2) is 4.57 Å². The summed E-state index contributed by atoms with van der Waals surface area (Å²) in [6.07, 6.45) is 0. The van der Waals surface area contributed by atoms with Crippen LogP contribution in [0.4, 0.5) is 17.1 Å². The first-order chi connectivity index (χ1) is 28.4. The van der Waals surface area contributed by atoms with Gasteiger partial charge in [0.2, 0.25) is 0 Å². The molecule has 0 atom stereocenters. The van der Waals surface area contributed by atoms with Crippen molar-refractivity contribution in [1.29, 1.82) is 0 Å². The molecule has 2 heteroatoms. The van der Waals surface area contributed by atoms with Crippen LogP contribution in [0.25, 0.3) is 77.1 Å². The first kappa shape index (κ1) is 35.3. The van der Waals surface area contributed by atoms with Crippen LogP contribution in [0.3, 0.4) is 0 Å². The average Bonchev–Trinajstić information content (AvgIpc) is 3.62. The van der Waals surface area contributed by atoms with Crippen LogP contribution < -0.4 is 4.90 Å². The Labute approximate surface area is 340 Å². The van der Waals surface area contributed by atoms with Crippen LogP contribution >= 0.6 is 0 Å². The molecule has 0 aliphatic carbocycles. The molecule has 10 rings (SSSR count). The molecule has 2 nitrogen and oxygen atoms in total. The maximum Gasteiger partial charge on any atom is 0.0546 e. The molecule has 58 heavy (non-hydrogen) atoms. The number of rotatable bonds is 7. The van der Waals surface area contributed by atoms with E-state index in [9.17, 15) is 0 Å². The molecular formula is C56H44N2. The van der Waals surface area contributed by atoms with Crippen LogP contribution in [0.5, 0.6) is 0 Å². The number of para-hydroxylation sites is 1. The molecule has 0 radical (unpaired) electrons. The Morgan fingerprint density at radius 2 is 0.879 bits per heavy atom. The molecule has 0 bridgehead atoms. The lowest BCUT2D eigenvalue weighted by Gasteiger charge is -2.30. The van der Waals surface area contributed by atoms with E-state index < -0.39 is 0 Å². The average molecular weight is 745 g/mol. The van der Waals surface area contributed by atoms with Gasteiger partial charge < -0.3 is 9.47 Å². The van der Waals surface area contributed by atoms with Crippen LogP contribution in [0, 0.1) is 0 Å². The molecule has 0 spiro atoms. The van der Waals surface area contributed by atoms with Crippen LogP contribution in [0.1, 0.15) is 20.8 Å². The molecule has 1 heterocycles. The third kappa shape index (κ3) is 6.15. The van der Waals surface area contributed by atoms with Crippen LogP contribution in [-0.2, 0) is 5.54 Å². The van der Waals surface area contributed by atoms with Gasteiger partial charge in [0.15, 0.2) is 0 Å². The summed E-state index contributed by atoms with van der Waals surface area (Å²) in [5.74, 6) is 0. The smallest absolute Gasteiger partial charge is 0.0546 e. The van der Waals surface area contributed by atoms with E-state index in [2.05, 4.69) is 243 Å². The van der Waals surface area contributed by atoms with Gasteiger partial charge in [-0.1, -0.05) is 176 Å². The Hall–Kier alpha value is -7.16. The van der Waals surface area contributed by atoms with E-state index in [1.807, 2.05) is 0 Å². The minimum Gasteiger partial charge on any atom is -0.335 e. The van der Waals surface area contributed by atoms with Crippen molar-refractivity contribution >= 4 is 49.6 Å². The summed E-state index contributed by atoms with van der Waals surface area (Å²) in [5.41, 5.74) is 15.3. The van der Waals surface area contributed by atoms with E-state index in [1.54, 1.807) is 0 Å². The van der Waals surface area contributed by atoms with Gasteiger partial charge in [0.05, 0.1) is 11.2 Å². The van der Waals surface area contributed by atoms with E-state index >= 15 is 0 Å². The molecule has 0 fully saturated rings. The Bertz CT molecular complexity index is 3000. The number of fused-ring (bicyclic) bond motifs is 4. The summed E-state index contributed by atoms with van der Waals surface area (Å²) in [6, 6.07) is 77.4. The highest BCUT2D eigenvalue weighted by Gasteiger charge is 2.24. The van der Waals surface area contributed by atoms with Crippen molar-refractivity contribution in [3.8, 4) is 44.5 Å². The van der Waals surface area contributed by atoms with Gasteiger partial charge in [-0.2, -0.15) is 0 Å². The zero-order valence-electron chi connectivity index (χ0n) is 33.1. The lowest BCUT2D eigenvalue weighted by molar-refractivity contribution is 0.423. The molecular weight excluding hydrogens is 701 g/mol. The zero-order valence-corrected chi connectivity index (χ0v) is 33.1. The van der Waals surface area contributed by atoms with Crippen molar-refractivity contribution in [3.05, 3.63) is 212 Å². The third-order valence-corrected chi connectivity index (χ3v) is 11.4. The first-order valence-corrected chi connectivity index (χ1v) is 20.2. The van der Waals surface area contributed by atoms with Crippen molar-refractivity contribution in [2.75, 3.05) is 4.90 Å². The predicted molar refractivity (Wildman–Crippen MR) is 248 cm³/mol. The predicted octanol–water partition coefficient (Wildman–Crippen LogP) is 15.8. The van der Waals surface area contributed by atoms with E-state index in [1.165, 1.54) is 77.1 Å². The van der Waals surface area contributed by atoms with Crippen molar-refractivity contribution in [1.82, 2.24) is 4.57 Å². The fourth-order valence-electron chi connectivity index (χ4n) is 8.96. The van der Waals surface area contributed by atoms with Crippen molar-refractivity contribution in [3.63, 3.8) is 0 Å². The number of anilines is 3. The minimum atomic E-state index is -0.132. The fraction of sp³-hybridized carbons (Fsp3) is 0.0714. The highest BCUT2D eigenvalue weighted by atomic mass is 15.1. The Balaban J connectivity index is 1.23. The Kier molecular flexibility index (Phi) is 8.76. The summed E-state index contributed by atoms with van der Waals surface area (Å²) in [6.45, 7) is 6.90. The zero-order chi connectivity index (χ0) is 39.2. The molecule has 278 valence electrons. The van der Waals surface area contributed by atoms with Gasteiger partial charge in [-0.25, -0.2) is 0 Å². The van der Waals surface area contributed by atoms with Gasteiger partial charge in [0.1, 0.15) is 0 Å². The largest absolute Gasteiger partial charge is 0.335 e. The van der Waals surface area contributed by atoms with E-state index in [0.29, 0.717) is 0 Å². The molecule has 0 saturated heterocycles. The fourth-order valence-corrected chi connectivity index (χ4v) is 8.96. The summed E-state index contributed by atoms with van der Waals surface area (Å²) in [7, 11) is 0. The van der Waals surface area contributed by atoms with Gasteiger partial charge in [-0.15, -0.1) is 0 Å². The van der Waals surface area contributed by atoms with Gasteiger partial charge >= 0.3 is 0 Å². The second-order valence-electron chi connectivity index (χ2n) is 16.1. The third-order valence-electron chi connectivity index (χ3n) is 11.4. The van der Waals surface area contributed by atoms with Crippen LogP contribution in [0.2, 0.25) is 0 Å². The standard InChI is InChI=1S/C56H44N2/c1-56(2,3)58-51-29-16-15-26-49(51)50-36-35-45(38-53(50)58)57(52-37-32-41-22-13-14-25-48(41)55(52)42-23-11-6-12-24-42)44-33-30-43(31-34-44)54-46(39-18-7-4-8-19-39)27-17-28-47(54)40-20-9-5-10-21-40/h4-38H,1-3H3. The second-order valence-corrected chi connectivity index (χ2v) is 16.1. The Morgan fingerprint density at radius 3 is 1.52 bits per heavy atom. The molecule has 0 aliphatic rings. The molecule has 0 N–H and O–H groups in total. The lowest BCUT2D eigenvalue weighted by atomic mass is 9.87. The van der Waals surface area contributed by atoms with E-state index in [-0.39, 0.29) is 5.54 Å². The topological polar surface area (TPSA) is 8.17 Å². The van der Waals surface area contributed by atoms with Gasteiger partial charge in [-0.3, -0.25) is 0 Å². The first-order valence-electron chi connectivity index (χ1n) is 20.2. The van der Waals surface area contributed by atoms with Gasteiger partial charge in [0.25, 0.3) is 0 Å². The normalized spacial score (nSPS) is 11.7. The summed E-state index contributed by atoms with van der Waals surface area (Å²) in [5, 5.41) is 4.98. The van der Waals surface area contributed by atoms with Crippen molar-refractivity contribution < 1.29 is 0 Å². The van der Waals surface area contributed by atoms with Gasteiger partial charge in [0, 0.05) is 38.8 Å². The summed E-state index contributed by atoms with van der Waals surface area (Å²) < 4.78 is 2.51. The maximum absolute atomic E-state index is 2.51. The molecule has 9 aromatic carbocycles. The number of benzene rings is 9. The Morgan fingerprint density at radius 1 is 0.362 bits per heavy atom. The summed E-state index contributed by atoms with van der Waals surface area (Å²) >= 11 is 0. The van der Waals surface area contributed by atoms with Crippen molar-refractivity contribution in [2.45, 2.75) is 26.3 Å². The SMILES string of the molecule is CC(C)(C)n1c2ccccc2c2ccc(N(c3ccc(-c4c(-c5ccccc5)cccc4-c4ccccc4)cc3)c3ccc4ccccc4c3-c3ccccc3)cc21. The minimum absolute atomic E-state index is 0.132. The van der Waals surface area contributed by atoms with Gasteiger partial charge in [-0.05, 0) is 107 Å². The molecule has 0 aliphatic heterocycles. The highest BCUT2D eigenvalue weighted by Crippen LogP contribution is 2.47.